The average molecular weight is 338 g/mol. The van der Waals surface area contributed by atoms with Gasteiger partial charge in [-0.3, -0.25) is 0 Å². The SMILES string of the molecule is O=C(O)C[As](CC(=O)O)c1cccc(C(F)(F)F)c1. The molecule has 1 rings (SSSR count). The van der Waals surface area contributed by atoms with Gasteiger partial charge in [-0.2, -0.15) is 0 Å². The van der Waals surface area contributed by atoms with E-state index in [1.54, 1.807) is 0 Å². The first-order chi connectivity index (χ1) is 8.70. The van der Waals surface area contributed by atoms with E-state index in [1.807, 2.05) is 0 Å². The number of carboxylic acid groups (broad SMARTS) is 2. The second kappa shape index (κ2) is 6.10. The first-order valence-corrected chi connectivity index (χ1v) is 8.65. The zero-order valence-electron chi connectivity index (χ0n) is 9.52. The number of carbonyl (C=O) groups is 2. The van der Waals surface area contributed by atoms with Crippen LogP contribution in [0, 0.1) is 0 Å². The van der Waals surface area contributed by atoms with Crippen LogP contribution in [0.5, 0.6) is 0 Å². The molecule has 0 aliphatic carbocycles. The third kappa shape index (κ3) is 4.95. The van der Waals surface area contributed by atoms with Gasteiger partial charge >= 0.3 is 110 Å². The van der Waals surface area contributed by atoms with Crippen molar-refractivity contribution in [1.82, 2.24) is 0 Å². The van der Waals surface area contributed by atoms with Crippen LogP contribution in [0.3, 0.4) is 0 Å². The standard InChI is InChI=1S/C11H10AsF3O4/c13-11(14,15)7-2-1-3-8(4-7)12(5-9(16)17)6-10(18)19/h1-4H,5-6H2,(H,16,17)(H,18,19). The van der Waals surface area contributed by atoms with Crippen LogP contribution >= 0.6 is 0 Å². The number of rotatable bonds is 5. The van der Waals surface area contributed by atoms with Gasteiger partial charge in [-0.1, -0.05) is 0 Å². The van der Waals surface area contributed by atoms with Crippen molar-refractivity contribution in [3.8, 4) is 0 Å². The number of benzene rings is 1. The fourth-order valence-corrected chi connectivity index (χ4v) is 5.11. The molecule has 1 aromatic rings. The molecule has 0 aliphatic rings. The van der Waals surface area contributed by atoms with Gasteiger partial charge in [0.1, 0.15) is 0 Å². The molecule has 1 aromatic carbocycles. The van der Waals surface area contributed by atoms with Crippen LogP contribution in [-0.4, -0.2) is 36.8 Å². The molecular formula is C11H10AsF3O4. The van der Waals surface area contributed by atoms with Crippen LogP contribution in [0.4, 0.5) is 13.2 Å². The van der Waals surface area contributed by atoms with E-state index in [9.17, 15) is 22.8 Å². The molecule has 8 heteroatoms. The summed E-state index contributed by atoms with van der Waals surface area (Å²) in [6.07, 6.45) is -4.53. The van der Waals surface area contributed by atoms with E-state index in [0.29, 0.717) is 0 Å². The Hall–Kier alpha value is -1.49. The Kier molecular flexibility index (Phi) is 5.00. The molecule has 0 aromatic heterocycles. The number of alkyl halides is 3. The van der Waals surface area contributed by atoms with E-state index in [0.717, 1.165) is 12.1 Å². The Morgan fingerprint density at radius 2 is 1.63 bits per heavy atom. The summed E-state index contributed by atoms with van der Waals surface area (Å²) in [4.78, 5) is 21.3. The summed E-state index contributed by atoms with van der Waals surface area (Å²) in [7, 11) is 0. The van der Waals surface area contributed by atoms with Gasteiger partial charge in [0.25, 0.3) is 0 Å². The van der Waals surface area contributed by atoms with Gasteiger partial charge in [-0.05, 0) is 0 Å². The summed E-state index contributed by atoms with van der Waals surface area (Å²) in [6, 6.07) is 4.26. The van der Waals surface area contributed by atoms with Crippen LogP contribution in [-0.2, 0) is 15.8 Å². The normalized spacial score (nSPS) is 11.6. The zero-order valence-corrected chi connectivity index (χ0v) is 11.4. The second-order valence-corrected chi connectivity index (χ2v) is 8.37. The van der Waals surface area contributed by atoms with Crippen molar-refractivity contribution in [2.24, 2.45) is 0 Å². The summed E-state index contributed by atoms with van der Waals surface area (Å²) in [5, 5.41) is 16.6. The van der Waals surface area contributed by atoms with E-state index in [-0.39, 0.29) is 14.8 Å². The maximum absolute atomic E-state index is 12.5. The molecule has 0 heterocycles. The fraction of sp³-hybridized carbons (Fsp3) is 0.273. The Morgan fingerprint density at radius 1 is 1.11 bits per heavy atom. The third-order valence-corrected chi connectivity index (χ3v) is 7.04. The number of hydrogen-bond donors (Lipinski definition) is 2. The van der Waals surface area contributed by atoms with Gasteiger partial charge in [0, 0.05) is 0 Å². The first-order valence-electron chi connectivity index (χ1n) is 5.06. The van der Waals surface area contributed by atoms with Crippen molar-refractivity contribution in [2.75, 3.05) is 0 Å². The molecule has 4 nitrogen and oxygen atoms in total. The zero-order chi connectivity index (χ0) is 14.6. The molecule has 0 radical (unpaired) electrons. The molecule has 0 saturated carbocycles. The Morgan fingerprint density at radius 3 is 2.05 bits per heavy atom. The van der Waals surface area contributed by atoms with Crippen LogP contribution in [0.25, 0.3) is 0 Å². The molecule has 0 atom stereocenters. The maximum atomic E-state index is 12.5. The number of aliphatic carboxylic acids is 2. The van der Waals surface area contributed by atoms with E-state index in [1.165, 1.54) is 12.1 Å². The van der Waals surface area contributed by atoms with Gasteiger partial charge in [-0.25, -0.2) is 0 Å². The van der Waals surface area contributed by atoms with Crippen molar-refractivity contribution < 1.29 is 33.0 Å². The summed E-state index contributed by atoms with van der Waals surface area (Å²) >= 11 is -2.58. The molecule has 0 fully saturated rings. The van der Waals surface area contributed by atoms with Gasteiger partial charge < -0.3 is 0 Å². The monoisotopic (exact) mass is 338 g/mol. The first kappa shape index (κ1) is 15.6. The van der Waals surface area contributed by atoms with Crippen molar-refractivity contribution in [3.05, 3.63) is 29.8 Å². The molecule has 2 N–H and O–H groups in total. The minimum atomic E-state index is -4.53. The van der Waals surface area contributed by atoms with Crippen molar-refractivity contribution in [1.29, 1.82) is 0 Å². The molecule has 0 amide bonds. The van der Waals surface area contributed by atoms with Gasteiger partial charge in [-0.15, -0.1) is 0 Å². The van der Waals surface area contributed by atoms with Crippen LogP contribution in [0.2, 0.25) is 10.4 Å². The molecular weight excluding hydrogens is 328 g/mol. The molecule has 0 saturated heterocycles. The quantitative estimate of drug-likeness (QED) is 0.800. The summed E-state index contributed by atoms with van der Waals surface area (Å²) in [5.41, 5.74) is -0.889. The van der Waals surface area contributed by atoms with Crippen molar-refractivity contribution in [3.63, 3.8) is 0 Å². The molecule has 0 aliphatic heterocycles. The van der Waals surface area contributed by atoms with Crippen LogP contribution < -0.4 is 4.35 Å². The predicted molar refractivity (Wildman–Crippen MR) is 61.7 cm³/mol. The summed E-state index contributed by atoms with van der Waals surface area (Å²) in [5.74, 6) is -2.39. The molecule has 0 spiro atoms. The predicted octanol–water partition coefficient (Wildman–Crippen LogP) is 1.58. The van der Waals surface area contributed by atoms with Gasteiger partial charge in [0.15, 0.2) is 0 Å². The van der Waals surface area contributed by atoms with Crippen molar-refractivity contribution in [2.45, 2.75) is 16.6 Å². The van der Waals surface area contributed by atoms with E-state index >= 15 is 0 Å². The molecule has 104 valence electrons. The van der Waals surface area contributed by atoms with Gasteiger partial charge in [0.05, 0.1) is 0 Å². The van der Waals surface area contributed by atoms with E-state index < -0.39 is 38.3 Å². The summed E-state index contributed by atoms with van der Waals surface area (Å²) < 4.78 is 37.8. The van der Waals surface area contributed by atoms with E-state index in [2.05, 4.69) is 0 Å². The van der Waals surface area contributed by atoms with E-state index in [4.69, 9.17) is 10.2 Å². The summed E-state index contributed by atoms with van der Waals surface area (Å²) in [6.45, 7) is 0. The fourth-order valence-electron chi connectivity index (χ4n) is 1.44. The third-order valence-electron chi connectivity index (χ3n) is 2.19. The number of hydrogen-bond acceptors (Lipinski definition) is 2. The minimum absolute atomic E-state index is 0.201. The Balaban J connectivity index is 3.08. The molecule has 0 bridgehead atoms. The Labute approximate surface area is 111 Å². The average Bonchev–Trinajstić information content (AvgIpc) is 2.26. The van der Waals surface area contributed by atoms with Crippen molar-refractivity contribution >= 4 is 30.9 Å². The van der Waals surface area contributed by atoms with Crippen LogP contribution in [0.15, 0.2) is 24.3 Å². The topological polar surface area (TPSA) is 74.6 Å². The number of halogens is 3. The van der Waals surface area contributed by atoms with Gasteiger partial charge in [0.2, 0.25) is 0 Å². The molecule has 0 unspecified atom stereocenters. The van der Waals surface area contributed by atoms with Crippen LogP contribution in [0.1, 0.15) is 5.56 Å². The second-order valence-electron chi connectivity index (χ2n) is 3.69. The number of carboxylic acids is 2. The molecule has 19 heavy (non-hydrogen) atoms. The Bertz CT molecular complexity index is 471.